The van der Waals surface area contributed by atoms with Gasteiger partial charge in [0.2, 0.25) is 0 Å². The van der Waals surface area contributed by atoms with E-state index in [9.17, 15) is 9.59 Å². The zero-order chi connectivity index (χ0) is 21.3. The maximum atomic E-state index is 13.2. The average Bonchev–Trinajstić information content (AvgIpc) is 3.35. The number of benzene rings is 2. The predicted octanol–water partition coefficient (Wildman–Crippen LogP) is 4.90. The Morgan fingerprint density at radius 1 is 1.13 bits per heavy atom. The summed E-state index contributed by atoms with van der Waals surface area (Å²) in [6, 6.07) is 13.4. The zero-order valence-electron chi connectivity index (χ0n) is 17.2. The Balaban J connectivity index is 1.75. The van der Waals surface area contributed by atoms with Crippen LogP contribution in [0.4, 0.5) is 0 Å². The second-order valence-electron chi connectivity index (χ2n) is 7.84. The van der Waals surface area contributed by atoms with E-state index >= 15 is 0 Å². The van der Waals surface area contributed by atoms with Crippen molar-refractivity contribution in [3.63, 3.8) is 0 Å². The Morgan fingerprint density at radius 2 is 1.83 bits per heavy atom. The third kappa shape index (κ3) is 3.94. The number of hydrogen-bond donors (Lipinski definition) is 1. The molecule has 1 aromatic heterocycles. The highest BCUT2D eigenvalue weighted by atomic mass is 35.5. The zero-order valence-corrected chi connectivity index (χ0v) is 18.0. The molecule has 3 aromatic rings. The van der Waals surface area contributed by atoms with E-state index in [0.29, 0.717) is 22.9 Å². The van der Waals surface area contributed by atoms with Crippen molar-refractivity contribution in [2.24, 2.45) is 0 Å². The Hall–Kier alpha value is -2.79. The molecule has 1 saturated carbocycles. The lowest BCUT2D eigenvalue weighted by Gasteiger charge is -2.11. The van der Waals surface area contributed by atoms with E-state index in [1.54, 1.807) is 7.11 Å². The van der Waals surface area contributed by atoms with Gasteiger partial charge in [0.05, 0.1) is 12.7 Å². The number of aromatic nitrogens is 1. The molecule has 1 heterocycles. The predicted molar refractivity (Wildman–Crippen MR) is 119 cm³/mol. The van der Waals surface area contributed by atoms with Crippen LogP contribution in [0, 0.1) is 6.92 Å². The maximum absolute atomic E-state index is 13.2. The van der Waals surface area contributed by atoms with E-state index in [0.717, 1.165) is 47.8 Å². The molecule has 0 bridgehead atoms. The molecular formula is C24H25ClN2O3. The number of halogens is 1. The van der Waals surface area contributed by atoms with Gasteiger partial charge in [0.1, 0.15) is 5.75 Å². The van der Waals surface area contributed by atoms with Gasteiger partial charge in [-0.25, -0.2) is 0 Å². The fourth-order valence-corrected chi connectivity index (χ4v) is 4.41. The Morgan fingerprint density at radius 3 is 2.50 bits per heavy atom. The quantitative estimate of drug-likeness (QED) is 0.452. The van der Waals surface area contributed by atoms with Crippen LogP contribution in [0.2, 0.25) is 5.02 Å². The van der Waals surface area contributed by atoms with Crippen LogP contribution in [-0.2, 0) is 11.3 Å². The molecule has 1 fully saturated rings. The summed E-state index contributed by atoms with van der Waals surface area (Å²) >= 11 is 6.01. The van der Waals surface area contributed by atoms with Crippen molar-refractivity contribution in [3.05, 3.63) is 64.3 Å². The molecule has 1 amide bonds. The first-order chi connectivity index (χ1) is 14.5. The molecule has 30 heavy (non-hydrogen) atoms. The van der Waals surface area contributed by atoms with E-state index in [4.69, 9.17) is 16.3 Å². The number of ketones is 1. The standard InChI is InChI=1S/C24H25ClN2O3/c1-15-22(23(28)24(29)26-18-5-3-4-6-18)20-13-19(30-2)11-12-21(20)27(15)14-16-7-9-17(25)10-8-16/h7-13,18H,3-6,14H2,1-2H3,(H,26,29). The van der Waals surface area contributed by atoms with Crippen molar-refractivity contribution in [1.82, 2.24) is 9.88 Å². The summed E-state index contributed by atoms with van der Waals surface area (Å²) in [5.41, 5.74) is 3.15. The largest absolute Gasteiger partial charge is 0.497 e. The van der Waals surface area contributed by atoms with E-state index < -0.39 is 11.7 Å². The summed E-state index contributed by atoms with van der Waals surface area (Å²) in [5.74, 6) is -0.373. The van der Waals surface area contributed by atoms with Gasteiger partial charge in [0.15, 0.2) is 0 Å². The third-order valence-corrected chi connectivity index (χ3v) is 6.16. The van der Waals surface area contributed by atoms with Crippen LogP contribution in [0.1, 0.15) is 47.3 Å². The molecule has 1 N–H and O–H groups in total. The summed E-state index contributed by atoms with van der Waals surface area (Å²) in [4.78, 5) is 25.9. The molecule has 0 saturated heterocycles. The number of carbonyl (C=O) groups excluding carboxylic acids is 2. The smallest absolute Gasteiger partial charge is 0.292 e. The summed E-state index contributed by atoms with van der Waals surface area (Å²) < 4.78 is 7.43. The highest BCUT2D eigenvalue weighted by Crippen LogP contribution is 2.31. The van der Waals surface area contributed by atoms with E-state index in [-0.39, 0.29) is 6.04 Å². The number of carbonyl (C=O) groups is 2. The summed E-state index contributed by atoms with van der Waals surface area (Å²) in [5, 5.41) is 4.33. The van der Waals surface area contributed by atoms with Gasteiger partial charge in [0.25, 0.3) is 11.7 Å². The number of ether oxygens (including phenoxy) is 1. The fourth-order valence-electron chi connectivity index (χ4n) is 4.29. The molecule has 6 heteroatoms. The number of hydrogen-bond acceptors (Lipinski definition) is 3. The molecule has 0 spiro atoms. The van der Waals surface area contributed by atoms with Gasteiger partial charge in [-0.05, 0) is 55.7 Å². The molecular weight excluding hydrogens is 400 g/mol. The van der Waals surface area contributed by atoms with Gasteiger partial charge in [-0.15, -0.1) is 0 Å². The highest BCUT2D eigenvalue weighted by molar-refractivity contribution is 6.45. The van der Waals surface area contributed by atoms with Crippen LogP contribution < -0.4 is 10.1 Å². The molecule has 0 atom stereocenters. The lowest BCUT2D eigenvalue weighted by molar-refractivity contribution is -0.117. The van der Waals surface area contributed by atoms with Crippen molar-refractivity contribution in [3.8, 4) is 5.75 Å². The molecule has 2 aromatic carbocycles. The van der Waals surface area contributed by atoms with Crippen LogP contribution in [0.25, 0.3) is 10.9 Å². The van der Waals surface area contributed by atoms with Crippen molar-refractivity contribution in [1.29, 1.82) is 0 Å². The van der Waals surface area contributed by atoms with Gasteiger partial charge in [-0.1, -0.05) is 36.6 Å². The summed E-state index contributed by atoms with van der Waals surface area (Å²) in [7, 11) is 1.59. The number of rotatable bonds is 6. The monoisotopic (exact) mass is 424 g/mol. The Bertz CT molecular complexity index is 1100. The minimum Gasteiger partial charge on any atom is -0.497 e. The Kier molecular flexibility index (Phi) is 5.82. The van der Waals surface area contributed by atoms with Gasteiger partial charge >= 0.3 is 0 Å². The molecule has 0 aliphatic heterocycles. The summed E-state index contributed by atoms with van der Waals surface area (Å²) in [6.07, 6.45) is 4.06. The summed E-state index contributed by atoms with van der Waals surface area (Å²) in [6.45, 7) is 2.46. The van der Waals surface area contributed by atoms with Crippen LogP contribution in [-0.4, -0.2) is 29.4 Å². The third-order valence-electron chi connectivity index (χ3n) is 5.91. The van der Waals surface area contributed by atoms with Gasteiger partial charge < -0.3 is 14.6 Å². The molecule has 1 aliphatic carbocycles. The van der Waals surface area contributed by atoms with Crippen molar-refractivity contribution in [2.45, 2.75) is 45.2 Å². The van der Waals surface area contributed by atoms with E-state index in [1.807, 2.05) is 49.4 Å². The lowest BCUT2D eigenvalue weighted by atomic mass is 10.1. The van der Waals surface area contributed by atoms with E-state index in [1.165, 1.54) is 0 Å². The number of nitrogens with zero attached hydrogens (tertiary/aromatic N) is 1. The van der Waals surface area contributed by atoms with Crippen LogP contribution >= 0.6 is 11.6 Å². The lowest BCUT2D eigenvalue weighted by Crippen LogP contribution is -2.38. The number of amides is 1. The topological polar surface area (TPSA) is 60.3 Å². The van der Waals surface area contributed by atoms with Crippen LogP contribution in [0.15, 0.2) is 42.5 Å². The van der Waals surface area contributed by atoms with Gasteiger partial charge in [0, 0.05) is 34.2 Å². The van der Waals surface area contributed by atoms with Crippen molar-refractivity contribution in [2.75, 3.05) is 7.11 Å². The molecule has 1 aliphatic rings. The SMILES string of the molecule is COc1ccc2c(c1)c(C(=O)C(=O)NC1CCCC1)c(C)n2Cc1ccc(Cl)cc1. The maximum Gasteiger partial charge on any atom is 0.292 e. The molecule has 4 rings (SSSR count). The highest BCUT2D eigenvalue weighted by Gasteiger charge is 2.28. The van der Waals surface area contributed by atoms with Crippen molar-refractivity contribution >= 4 is 34.2 Å². The van der Waals surface area contributed by atoms with Gasteiger partial charge in [-0.2, -0.15) is 0 Å². The molecule has 0 unspecified atom stereocenters. The normalized spacial score (nSPS) is 14.2. The van der Waals surface area contributed by atoms with Gasteiger partial charge in [-0.3, -0.25) is 9.59 Å². The number of fused-ring (bicyclic) bond motifs is 1. The first-order valence-electron chi connectivity index (χ1n) is 10.2. The second-order valence-corrected chi connectivity index (χ2v) is 8.28. The van der Waals surface area contributed by atoms with Crippen molar-refractivity contribution < 1.29 is 14.3 Å². The minimum atomic E-state index is -0.529. The molecule has 5 nitrogen and oxygen atoms in total. The molecule has 0 radical (unpaired) electrons. The Labute approximate surface area is 181 Å². The van der Waals surface area contributed by atoms with Crippen LogP contribution in [0.5, 0.6) is 5.75 Å². The number of nitrogens with one attached hydrogen (secondary N) is 1. The number of methoxy groups -OCH3 is 1. The average molecular weight is 425 g/mol. The minimum absolute atomic E-state index is 0.0960. The number of Topliss-reactive ketones (excluding diaryl/α,β-unsaturated/α-hetero) is 1. The first-order valence-corrected chi connectivity index (χ1v) is 10.6. The molecule has 156 valence electrons. The van der Waals surface area contributed by atoms with E-state index in [2.05, 4.69) is 9.88 Å². The second kappa shape index (κ2) is 8.52. The first kappa shape index (κ1) is 20.5. The van der Waals surface area contributed by atoms with Crippen LogP contribution in [0.3, 0.4) is 0 Å². The fraction of sp³-hybridized carbons (Fsp3) is 0.333.